The van der Waals surface area contributed by atoms with Crippen molar-refractivity contribution in [2.24, 2.45) is 5.92 Å². The lowest BCUT2D eigenvalue weighted by atomic mass is 9.80. The highest BCUT2D eigenvalue weighted by Gasteiger charge is 2.41. The average molecular weight is 250 g/mol. The molecule has 1 heterocycles. The van der Waals surface area contributed by atoms with Gasteiger partial charge in [-0.05, 0) is 36.0 Å². The van der Waals surface area contributed by atoms with E-state index in [1.807, 2.05) is 0 Å². The lowest BCUT2D eigenvalue weighted by Crippen LogP contribution is -2.26. The standard InChI is InChI=1S/C18H18O/c1-2-7-13(8-3-1)18-16-11-6-10-14(16)15-9-4-5-12-17(15)19-18/h1-5,7-9,12,14,16,18H,6,10-11H2/t14-,16+,18-/m1/s1. The molecule has 0 saturated heterocycles. The summed E-state index contributed by atoms with van der Waals surface area (Å²) < 4.78 is 6.33. The van der Waals surface area contributed by atoms with Crippen LogP contribution in [0.25, 0.3) is 0 Å². The van der Waals surface area contributed by atoms with Gasteiger partial charge in [0.1, 0.15) is 11.9 Å². The summed E-state index contributed by atoms with van der Waals surface area (Å²) in [6, 6.07) is 19.3. The molecule has 0 unspecified atom stereocenters. The van der Waals surface area contributed by atoms with Crippen LogP contribution in [-0.2, 0) is 0 Å². The molecule has 1 aliphatic carbocycles. The number of hydrogen-bond donors (Lipinski definition) is 0. The fraction of sp³-hybridized carbons (Fsp3) is 0.333. The third-order valence-corrected chi connectivity index (χ3v) is 4.66. The van der Waals surface area contributed by atoms with Crippen LogP contribution in [0.15, 0.2) is 54.6 Å². The van der Waals surface area contributed by atoms with Gasteiger partial charge in [-0.2, -0.15) is 0 Å². The molecule has 1 aliphatic heterocycles. The Hall–Kier alpha value is -1.76. The van der Waals surface area contributed by atoms with E-state index in [0.717, 1.165) is 5.75 Å². The number of hydrogen-bond acceptors (Lipinski definition) is 1. The van der Waals surface area contributed by atoms with Crippen molar-refractivity contribution in [2.75, 3.05) is 0 Å². The Morgan fingerprint density at radius 3 is 2.53 bits per heavy atom. The molecule has 0 bridgehead atoms. The van der Waals surface area contributed by atoms with Crippen LogP contribution in [0.1, 0.15) is 42.4 Å². The second-order valence-corrected chi connectivity index (χ2v) is 5.69. The molecule has 0 radical (unpaired) electrons. The van der Waals surface area contributed by atoms with Crippen molar-refractivity contribution in [3.63, 3.8) is 0 Å². The average Bonchev–Trinajstić information content (AvgIpc) is 2.97. The predicted octanol–water partition coefficient (Wildman–Crippen LogP) is 4.70. The minimum absolute atomic E-state index is 0.239. The second-order valence-electron chi connectivity index (χ2n) is 5.69. The zero-order valence-corrected chi connectivity index (χ0v) is 11.0. The van der Waals surface area contributed by atoms with Gasteiger partial charge in [-0.25, -0.2) is 0 Å². The third kappa shape index (κ3) is 1.76. The Balaban J connectivity index is 1.79. The molecule has 1 nitrogen and oxygen atoms in total. The van der Waals surface area contributed by atoms with Crippen molar-refractivity contribution in [1.29, 1.82) is 0 Å². The summed E-state index contributed by atoms with van der Waals surface area (Å²) in [4.78, 5) is 0. The first-order valence-electron chi connectivity index (χ1n) is 7.24. The van der Waals surface area contributed by atoms with E-state index >= 15 is 0 Å². The zero-order chi connectivity index (χ0) is 12.7. The molecule has 1 heteroatoms. The molecule has 2 aliphatic rings. The zero-order valence-electron chi connectivity index (χ0n) is 11.0. The summed E-state index contributed by atoms with van der Waals surface area (Å²) in [6.45, 7) is 0. The normalized spacial score (nSPS) is 28.3. The van der Waals surface area contributed by atoms with Crippen LogP contribution in [0.4, 0.5) is 0 Å². The molecule has 0 spiro atoms. The van der Waals surface area contributed by atoms with Gasteiger partial charge in [-0.15, -0.1) is 0 Å². The van der Waals surface area contributed by atoms with Gasteiger partial charge in [0.15, 0.2) is 0 Å². The van der Waals surface area contributed by atoms with E-state index in [0.29, 0.717) is 11.8 Å². The molecule has 0 N–H and O–H groups in total. The highest BCUT2D eigenvalue weighted by atomic mass is 16.5. The molecule has 0 aromatic heterocycles. The Morgan fingerprint density at radius 2 is 1.63 bits per heavy atom. The van der Waals surface area contributed by atoms with E-state index in [1.54, 1.807) is 0 Å². The quantitative estimate of drug-likeness (QED) is 0.712. The molecular weight excluding hydrogens is 232 g/mol. The smallest absolute Gasteiger partial charge is 0.127 e. The van der Waals surface area contributed by atoms with Crippen molar-refractivity contribution in [1.82, 2.24) is 0 Å². The summed E-state index contributed by atoms with van der Waals surface area (Å²) in [7, 11) is 0. The van der Waals surface area contributed by atoms with Gasteiger partial charge < -0.3 is 4.74 Å². The Bertz CT molecular complexity index is 575. The number of benzene rings is 2. The fourth-order valence-electron chi connectivity index (χ4n) is 3.81. The van der Waals surface area contributed by atoms with Crippen molar-refractivity contribution >= 4 is 0 Å². The van der Waals surface area contributed by atoms with Gasteiger partial charge in [-0.1, -0.05) is 55.0 Å². The van der Waals surface area contributed by atoms with Crippen molar-refractivity contribution in [2.45, 2.75) is 31.3 Å². The van der Waals surface area contributed by atoms with Crippen LogP contribution < -0.4 is 4.74 Å². The molecule has 2 aromatic rings. The summed E-state index contributed by atoms with van der Waals surface area (Å²) >= 11 is 0. The first-order valence-corrected chi connectivity index (χ1v) is 7.24. The monoisotopic (exact) mass is 250 g/mol. The maximum Gasteiger partial charge on any atom is 0.127 e. The van der Waals surface area contributed by atoms with Crippen LogP contribution in [0.5, 0.6) is 5.75 Å². The van der Waals surface area contributed by atoms with Crippen molar-refractivity contribution in [3.05, 3.63) is 65.7 Å². The van der Waals surface area contributed by atoms with Gasteiger partial charge in [-0.3, -0.25) is 0 Å². The highest BCUT2D eigenvalue weighted by molar-refractivity contribution is 5.41. The number of rotatable bonds is 1. The molecule has 19 heavy (non-hydrogen) atoms. The molecule has 2 aromatic carbocycles. The van der Waals surface area contributed by atoms with Crippen LogP contribution >= 0.6 is 0 Å². The summed E-state index contributed by atoms with van der Waals surface area (Å²) in [5.41, 5.74) is 2.76. The topological polar surface area (TPSA) is 9.23 Å². The van der Waals surface area contributed by atoms with Gasteiger partial charge >= 0.3 is 0 Å². The molecule has 96 valence electrons. The lowest BCUT2D eigenvalue weighted by molar-refractivity contribution is 0.104. The molecule has 1 fully saturated rings. The Kier molecular flexibility index (Phi) is 2.58. The second kappa shape index (κ2) is 4.41. The van der Waals surface area contributed by atoms with Gasteiger partial charge in [0.2, 0.25) is 0 Å². The molecule has 1 saturated carbocycles. The van der Waals surface area contributed by atoms with Gasteiger partial charge in [0.25, 0.3) is 0 Å². The first kappa shape index (κ1) is 11.1. The van der Waals surface area contributed by atoms with Gasteiger partial charge in [0.05, 0.1) is 0 Å². The summed E-state index contributed by atoms with van der Waals surface area (Å²) in [6.07, 6.45) is 4.17. The highest BCUT2D eigenvalue weighted by Crippen LogP contribution is 2.53. The SMILES string of the molecule is c1ccc([C@H]2Oc3ccccc3[C@H]3CCC[C@@H]32)cc1. The molecule has 0 amide bonds. The summed E-state index contributed by atoms with van der Waals surface area (Å²) in [5.74, 6) is 2.44. The van der Waals surface area contributed by atoms with E-state index < -0.39 is 0 Å². The Labute approximate surface area is 114 Å². The fourth-order valence-corrected chi connectivity index (χ4v) is 3.81. The van der Waals surface area contributed by atoms with E-state index in [2.05, 4.69) is 54.6 Å². The molecule has 3 atom stereocenters. The number of fused-ring (bicyclic) bond motifs is 3. The minimum Gasteiger partial charge on any atom is -0.485 e. The Morgan fingerprint density at radius 1 is 0.842 bits per heavy atom. The number of ether oxygens (including phenoxy) is 1. The molecular formula is C18H18O. The van der Waals surface area contributed by atoms with E-state index in [1.165, 1.54) is 30.4 Å². The van der Waals surface area contributed by atoms with Crippen molar-refractivity contribution < 1.29 is 4.74 Å². The van der Waals surface area contributed by atoms with Crippen LogP contribution in [0, 0.1) is 5.92 Å². The molecule has 4 rings (SSSR count). The third-order valence-electron chi connectivity index (χ3n) is 4.66. The predicted molar refractivity (Wildman–Crippen MR) is 76.3 cm³/mol. The van der Waals surface area contributed by atoms with E-state index in [-0.39, 0.29) is 6.10 Å². The largest absolute Gasteiger partial charge is 0.485 e. The van der Waals surface area contributed by atoms with Crippen LogP contribution in [0.2, 0.25) is 0 Å². The number of para-hydroxylation sites is 1. The lowest BCUT2D eigenvalue weighted by Gasteiger charge is -2.36. The van der Waals surface area contributed by atoms with Crippen LogP contribution in [-0.4, -0.2) is 0 Å². The first-order chi connectivity index (χ1) is 9.43. The van der Waals surface area contributed by atoms with Gasteiger partial charge in [0, 0.05) is 5.92 Å². The van der Waals surface area contributed by atoms with Crippen molar-refractivity contribution in [3.8, 4) is 5.75 Å². The van der Waals surface area contributed by atoms with Crippen LogP contribution in [0.3, 0.4) is 0 Å². The van der Waals surface area contributed by atoms with E-state index in [4.69, 9.17) is 4.74 Å². The summed E-state index contributed by atoms with van der Waals surface area (Å²) in [5, 5.41) is 0. The minimum atomic E-state index is 0.239. The maximum absolute atomic E-state index is 6.33. The van der Waals surface area contributed by atoms with E-state index in [9.17, 15) is 0 Å². The maximum atomic E-state index is 6.33.